The lowest BCUT2D eigenvalue weighted by Gasteiger charge is -2.35. The number of hydrogen-bond acceptors (Lipinski definition) is 6. The summed E-state index contributed by atoms with van der Waals surface area (Å²) in [7, 11) is 0. The van der Waals surface area contributed by atoms with Crippen LogP contribution in [0.4, 0.5) is 5.69 Å². The zero-order valence-corrected chi connectivity index (χ0v) is 13.8. The van der Waals surface area contributed by atoms with Crippen LogP contribution in [0.25, 0.3) is 11.0 Å². The second-order valence-electron chi connectivity index (χ2n) is 5.70. The van der Waals surface area contributed by atoms with Crippen molar-refractivity contribution in [1.29, 1.82) is 0 Å². The average molecular weight is 353 g/mol. The van der Waals surface area contributed by atoms with Crippen molar-refractivity contribution in [1.82, 2.24) is 4.90 Å². The van der Waals surface area contributed by atoms with E-state index in [2.05, 4.69) is 0 Å². The Kier molecular flexibility index (Phi) is 4.28. The van der Waals surface area contributed by atoms with Gasteiger partial charge in [-0.15, -0.1) is 11.6 Å². The van der Waals surface area contributed by atoms with E-state index in [9.17, 15) is 19.8 Å². The quantitative estimate of drug-likeness (QED) is 0.626. The predicted octanol–water partition coefficient (Wildman–Crippen LogP) is 1.40. The summed E-state index contributed by atoms with van der Waals surface area (Å²) in [6.45, 7) is 3.59. The van der Waals surface area contributed by atoms with Crippen LogP contribution in [0.3, 0.4) is 0 Å². The molecule has 0 atom stereocenters. The molecule has 0 bridgehead atoms. The summed E-state index contributed by atoms with van der Waals surface area (Å²) in [6.07, 6.45) is 0. The molecule has 3 rings (SSSR count). The molecule has 1 aromatic carbocycles. The molecule has 1 saturated heterocycles. The lowest BCUT2D eigenvalue weighted by Crippen LogP contribution is -2.50. The molecule has 2 aromatic rings. The van der Waals surface area contributed by atoms with E-state index in [0.29, 0.717) is 42.8 Å². The molecule has 7 nitrogen and oxygen atoms in total. The number of fused-ring (bicyclic) bond motifs is 1. The van der Waals surface area contributed by atoms with Gasteiger partial charge in [0.05, 0.1) is 5.39 Å². The second-order valence-corrected chi connectivity index (χ2v) is 5.97. The second kappa shape index (κ2) is 6.24. The molecule has 24 heavy (non-hydrogen) atoms. The number of carbonyl (C=O) groups excluding carboxylic acids is 1. The van der Waals surface area contributed by atoms with Gasteiger partial charge in [0.15, 0.2) is 0 Å². The van der Waals surface area contributed by atoms with Crippen LogP contribution in [-0.2, 0) is 4.79 Å². The number of aryl methyl sites for hydroxylation is 1. The van der Waals surface area contributed by atoms with E-state index in [1.165, 1.54) is 12.1 Å². The van der Waals surface area contributed by atoms with Gasteiger partial charge in [-0.1, -0.05) is 0 Å². The number of benzene rings is 1. The van der Waals surface area contributed by atoms with Crippen LogP contribution in [-0.4, -0.2) is 53.1 Å². The highest BCUT2D eigenvalue weighted by Crippen LogP contribution is 2.34. The molecule has 128 valence electrons. The lowest BCUT2D eigenvalue weighted by molar-refractivity contribution is -0.128. The van der Waals surface area contributed by atoms with Gasteiger partial charge in [0.25, 0.3) is 0 Å². The van der Waals surface area contributed by atoms with Gasteiger partial charge in [0, 0.05) is 38.3 Å². The van der Waals surface area contributed by atoms with Crippen LogP contribution in [0.2, 0.25) is 0 Å². The normalized spacial score (nSPS) is 15.1. The minimum absolute atomic E-state index is 0.0610. The third kappa shape index (κ3) is 2.75. The van der Waals surface area contributed by atoms with E-state index in [0.717, 1.165) is 0 Å². The molecule has 8 heteroatoms. The number of anilines is 1. The zero-order valence-electron chi connectivity index (χ0n) is 13.1. The molecule has 0 radical (unpaired) electrons. The molecule has 2 N–H and O–H groups in total. The van der Waals surface area contributed by atoms with Gasteiger partial charge < -0.3 is 24.4 Å². The van der Waals surface area contributed by atoms with E-state index in [-0.39, 0.29) is 28.9 Å². The minimum Gasteiger partial charge on any atom is -0.508 e. The Morgan fingerprint density at radius 2 is 1.92 bits per heavy atom. The Balaban J connectivity index is 1.99. The molecule has 1 aliphatic rings. The molecule has 0 spiro atoms. The van der Waals surface area contributed by atoms with E-state index < -0.39 is 5.63 Å². The predicted molar refractivity (Wildman–Crippen MR) is 90.1 cm³/mol. The summed E-state index contributed by atoms with van der Waals surface area (Å²) in [5, 5.41) is 20.0. The Labute approximate surface area is 142 Å². The van der Waals surface area contributed by atoms with Crippen LogP contribution in [0.15, 0.2) is 21.3 Å². The zero-order chi connectivity index (χ0) is 17.4. The summed E-state index contributed by atoms with van der Waals surface area (Å²) in [5.41, 5.74) is 0.536. The topological polar surface area (TPSA) is 94.2 Å². The number of alkyl halides is 1. The highest BCUT2D eigenvalue weighted by atomic mass is 35.5. The van der Waals surface area contributed by atoms with Gasteiger partial charge in [-0.05, 0) is 12.5 Å². The number of piperazine rings is 1. The SMILES string of the molecule is Cc1c(N2CCN(C(=O)CCl)CC2)c(=O)oc2cc(O)cc(O)c12. The number of hydrogen-bond donors (Lipinski definition) is 2. The molecular weight excluding hydrogens is 336 g/mol. The van der Waals surface area contributed by atoms with E-state index in [1.807, 2.05) is 4.90 Å². The first kappa shape index (κ1) is 16.4. The Hall–Kier alpha value is -2.41. The van der Waals surface area contributed by atoms with Gasteiger partial charge in [0.2, 0.25) is 5.91 Å². The third-order valence-electron chi connectivity index (χ3n) is 4.26. The van der Waals surface area contributed by atoms with Crippen LogP contribution in [0.5, 0.6) is 11.5 Å². The summed E-state index contributed by atoms with van der Waals surface area (Å²) in [6, 6.07) is 2.50. The molecule has 0 aliphatic carbocycles. The number of carbonyl (C=O) groups is 1. The number of amides is 1. The third-order valence-corrected chi connectivity index (χ3v) is 4.48. The maximum absolute atomic E-state index is 12.4. The first-order valence-corrected chi connectivity index (χ1v) is 8.04. The summed E-state index contributed by atoms with van der Waals surface area (Å²) < 4.78 is 5.27. The molecular formula is C16H17ClN2O5. The molecule has 1 aromatic heterocycles. The highest BCUT2D eigenvalue weighted by molar-refractivity contribution is 6.27. The van der Waals surface area contributed by atoms with Crippen molar-refractivity contribution in [2.75, 3.05) is 37.0 Å². The van der Waals surface area contributed by atoms with Gasteiger partial charge in [-0.3, -0.25) is 4.79 Å². The maximum Gasteiger partial charge on any atom is 0.360 e. The van der Waals surface area contributed by atoms with Crippen molar-refractivity contribution in [2.45, 2.75) is 6.92 Å². The first-order valence-electron chi connectivity index (χ1n) is 7.50. The number of phenolic OH excluding ortho intramolecular Hbond substituents is 2. The van der Waals surface area contributed by atoms with E-state index in [4.69, 9.17) is 16.0 Å². The minimum atomic E-state index is -0.540. The molecule has 1 fully saturated rings. The summed E-state index contributed by atoms with van der Waals surface area (Å²) >= 11 is 5.57. The smallest absolute Gasteiger partial charge is 0.360 e. The van der Waals surface area contributed by atoms with Crippen molar-refractivity contribution in [3.8, 4) is 11.5 Å². The fourth-order valence-electron chi connectivity index (χ4n) is 3.09. The maximum atomic E-state index is 12.4. The molecule has 1 aliphatic heterocycles. The lowest BCUT2D eigenvalue weighted by atomic mass is 10.1. The van der Waals surface area contributed by atoms with Crippen LogP contribution >= 0.6 is 11.6 Å². The highest BCUT2D eigenvalue weighted by Gasteiger charge is 2.25. The van der Waals surface area contributed by atoms with Crippen LogP contribution in [0.1, 0.15) is 5.56 Å². The molecule has 2 heterocycles. The number of rotatable bonds is 2. The van der Waals surface area contributed by atoms with E-state index in [1.54, 1.807) is 11.8 Å². The number of aromatic hydroxyl groups is 2. The monoisotopic (exact) mass is 352 g/mol. The fourth-order valence-corrected chi connectivity index (χ4v) is 3.26. The largest absolute Gasteiger partial charge is 0.508 e. The standard InChI is InChI=1S/C16H17ClN2O5/c1-9-14-11(21)6-10(20)7-12(14)24-16(23)15(9)19-4-2-18(3-5-19)13(22)8-17/h6-7,20-21H,2-5,8H2,1H3. The Morgan fingerprint density at radius 3 is 2.54 bits per heavy atom. The number of halogens is 1. The van der Waals surface area contributed by atoms with Gasteiger partial charge in [0.1, 0.15) is 28.6 Å². The van der Waals surface area contributed by atoms with Gasteiger partial charge in [-0.25, -0.2) is 4.79 Å². The van der Waals surface area contributed by atoms with Crippen molar-refractivity contribution in [3.63, 3.8) is 0 Å². The number of phenols is 2. The fraction of sp³-hybridized carbons (Fsp3) is 0.375. The van der Waals surface area contributed by atoms with Crippen molar-refractivity contribution in [3.05, 3.63) is 28.1 Å². The molecule has 0 unspecified atom stereocenters. The van der Waals surface area contributed by atoms with Crippen molar-refractivity contribution in [2.24, 2.45) is 0 Å². The van der Waals surface area contributed by atoms with Crippen molar-refractivity contribution >= 4 is 34.2 Å². The summed E-state index contributed by atoms with van der Waals surface area (Å²) in [4.78, 5) is 27.5. The van der Waals surface area contributed by atoms with E-state index >= 15 is 0 Å². The van der Waals surface area contributed by atoms with Crippen LogP contribution < -0.4 is 10.5 Å². The van der Waals surface area contributed by atoms with Gasteiger partial charge >= 0.3 is 5.63 Å². The van der Waals surface area contributed by atoms with Gasteiger partial charge in [-0.2, -0.15) is 0 Å². The first-order chi connectivity index (χ1) is 11.4. The molecule has 1 amide bonds. The molecule has 0 saturated carbocycles. The summed E-state index contributed by atoms with van der Waals surface area (Å²) in [5.74, 6) is -0.521. The average Bonchev–Trinajstić information content (AvgIpc) is 2.53. The Bertz CT molecular complexity index is 856. The Morgan fingerprint density at radius 1 is 1.25 bits per heavy atom. The number of nitrogens with zero attached hydrogens (tertiary/aromatic N) is 2. The van der Waals surface area contributed by atoms with Crippen molar-refractivity contribution < 1.29 is 19.4 Å². The van der Waals surface area contributed by atoms with Crippen LogP contribution in [0, 0.1) is 6.92 Å².